The van der Waals surface area contributed by atoms with E-state index in [1.54, 1.807) is 25.1 Å². The van der Waals surface area contributed by atoms with Crippen LogP contribution < -0.4 is 10.9 Å². The highest BCUT2D eigenvalue weighted by atomic mass is 35.5. The van der Waals surface area contributed by atoms with E-state index in [1.165, 1.54) is 35.7 Å². The molecule has 5 rings (SSSR count). The molecule has 204 valence electrons. The van der Waals surface area contributed by atoms with Crippen LogP contribution in [0.2, 0.25) is 4.34 Å². The molecule has 0 saturated carbocycles. The molecule has 0 radical (unpaired) electrons. The number of ketones is 1. The number of anilines is 1. The first kappa shape index (κ1) is 27.4. The van der Waals surface area contributed by atoms with Crippen LogP contribution in [0.15, 0.2) is 57.7 Å². The van der Waals surface area contributed by atoms with Crippen LogP contribution in [0.5, 0.6) is 0 Å². The molecule has 0 aliphatic carbocycles. The molecule has 0 bridgehead atoms. The SMILES string of the molecule is Cc1nc2cc(NCCN3CCCC3)ccc2c(=O)n1-c1ccc(CC(=O)CS(=O)(=O)c2ccc(Cl)s2)cn1. The standard InChI is InChI=1S/C27H28ClN5O4S2/c1-18-31-23-15-20(29-10-13-32-11-2-3-12-32)5-6-22(23)27(35)33(18)25-8-4-19(16-30-25)14-21(34)17-39(36,37)26-9-7-24(28)38-26/h4-9,15-16,29H,2-3,10-14,17H2,1H3. The number of aryl methyl sites for hydroxylation is 1. The fourth-order valence-corrected chi connectivity index (χ4v) is 7.53. The van der Waals surface area contributed by atoms with Crippen LogP contribution in [0, 0.1) is 6.92 Å². The zero-order valence-corrected chi connectivity index (χ0v) is 23.8. The Hall–Kier alpha value is -3.12. The van der Waals surface area contributed by atoms with Gasteiger partial charge in [0, 0.05) is 31.4 Å². The summed E-state index contributed by atoms with van der Waals surface area (Å²) in [5.74, 6) is -0.219. The second-order valence-corrected chi connectivity index (χ2v) is 13.5. The number of sulfone groups is 1. The molecule has 0 atom stereocenters. The number of halogens is 1. The summed E-state index contributed by atoms with van der Waals surface area (Å²) in [6.45, 7) is 5.86. The number of fused-ring (bicyclic) bond motifs is 1. The lowest BCUT2D eigenvalue weighted by Gasteiger charge is -2.16. The lowest BCUT2D eigenvalue weighted by molar-refractivity contribution is -0.116. The minimum absolute atomic E-state index is 0.0676. The number of hydrogen-bond donors (Lipinski definition) is 1. The van der Waals surface area contributed by atoms with Crippen molar-refractivity contribution in [2.24, 2.45) is 0 Å². The van der Waals surface area contributed by atoms with Crippen molar-refractivity contribution in [1.82, 2.24) is 19.4 Å². The first-order chi connectivity index (χ1) is 18.7. The molecule has 39 heavy (non-hydrogen) atoms. The maximum atomic E-state index is 13.3. The predicted molar refractivity (Wildman–Crippen MR) is 154 cm³/mol. The molecular weight excluding hydrogens is 558 g/mol. The van der Waals surface area contributed by atoms with E-state index in [-0.39, 0.29) is 16.2 Å². The third-order valence-electron chi connectivity index (χ3n) is 6.64. The largest absolute Gasteiger partial charge is 0.384 e. The summed E-state index contributed by atoms with van der Waals surface area (Å²) in [7, 11) is -3.75. The van der Waals surface area contributed by atoms with Crippen LogP contribution in [0.25, 0.3) is 16.7 Å². The zero-order valence-electron chi connectivity index (χ0n) is 21.4. The van der Waals surface area contributed by atoms with Gasteiger partial charge >= 0.3 is 0 Å². The van der Waals surface area contributed by atoms with Crippen molar-refractivity contribution in [3.05, 3.63) is 74.7 Å². The molecule has 12 heteroatoms. The summed E-state index contributed by atoms with van der Waals surface area (Å²) in [4.78, 5) is 37.3. The van der Waals surface area contributed by atoms with E-state index in [0.717, 1.165) is 43.2 Å². The Morgan fingerprint density at radius 1 is 1.13 bits per heavy atom. The molecule has 1 aliphatic heterocycles. The zero-order chi connectivity index (χ0) is 27.6. The quantitative estimate of drug-likeness (QED) is 0.298. The number of rotatable bonds is 10. The van der Waals surface area contributed by atoms with Crippen molar-refractivity contribution in [3.8, 4) is 5.82 Å². The Morgan fingerprint density at radius 3 is 2.62 bits per heavy atom. The van der Waals surface area contributed by atoms with E-state index < -0.39 is 21.4 Å². The van der Waals surface area contributed by atoms with Gasteiger partial charge in [-0.2, -0.15) is 0 Å². The number of pyridine rings is 1. The molecule has 0 unspecified atom stereocenters. The molecule has 1 aromatic carbocycles. The van der Waals surface area contributed by atoms with Gasteiger partial charge in [-0.25, -0.2) is 23.0 Å². The van der Waals surface area contributed by atoms with Crippen LogP contribution >= 0.6 is 22.9 Å². The number of aromatic nitrogens is 3. The van der Waals surface area contributed by atoms with Gasteiger partial charge < -0.3 is 10.2 Å². The van der Waals surface area contributed by atoms with Crippen LogP contribution in [0.3, 0.4) is 0 Å². The number of nitrogens with one attached hydrogen (secondary N) is 1. The molecule has 9 nitrogen and oxygen atoms in total. The Bertz CT molecular complexity index is 1680. The lowest BCUT2D eigenvalue weighted by Crippen LogP contribution is -2.26. The number of carbonyl (C=O) groups excluding carboxylic acids is 1. The predicted octanol–water partition coefficient (Wildman–Crippen LogP) is 3.90. The Balaban J connectivity index is 1.28. The number of Topliss-reactive ketones (excluding diaryl/α,β-unsaturated/α-hetero) is 1. The van der Waals surface area contributed by atoms with E-state index >= 15 is 0 Å². The van der Waals surface area contributed by atoms with Crippen LogP contribution in [0.1, 0.15) is 24.2 Å². The van der Waals surface area contributed by atoms with E-state index in [1.807, 2.05) is 12.1 Å². The monoisotopic (exact) mass is 585 g/mol. The molecular formula is C27H28ClN5O4S2. The maximum absolute atomic E-state index is 13.3. The summed E-state index contributed by atoms with van der Waals surface area (Å²) in [5.41, 5.74) is 1.84. The van der Waals surface area contributed by atoms with Gasteiger partial charge in [-0.15, -0.1) is 11.3 Å². The lowest BCUT2D eigenvalue weighted by atomic mass is 10.1. The molecule has 0 amide bonds. The van der Waals surface area contributed by atoms with Crippen LogP contribution in [-0.2, 0) is 21.1 Å². The molecule has 1 saturated heterocycles. The Kier molecular flexibility index (Phi) is 8.13. The van der Waals surface area contributed by atoms with Gasteiger partial charge in [-0.1, -0.05) is 17.7 Å². The molecule has 4 aromatic rings. The number of carbonyl (C=O) groups is 1. The summed E-state index contributed by atoms with van der Waals surface area (Å²) >= 11 is 6.75. The van der Waals surface area contributed by atoms with Gasteiger partial charge in [0.15, 0.2) is 15.6 Å². The summed E-state index contributed by atoms with van der Waals surface area (Å²) in [6, 6.07) is 11.7. The number of hydrogen-bond acceptors (Lipinski definition) is 9. The van der Waals surface area contributed by atoms with Crippen LogP contribution in [-0.4, -0.2) is 65.6 Å². The smallest absolute Gasteiger partial charge is 0.267 e. The maximum Gasteiger partial charge on any atom is 0.267 e. The van der Waals surface area contributed by atoms with Crippen molar-refractivity contribution in [2.75, 3.05) is 37.2 Å². The number of benzene rings is 1. The van der Waals surface area contributed by atoms with Crippen molar-refractivity contribution >= 4 is 55.1 Å². The number of thiophene rings is 1. The van der Waals surface area contributed by atoms with E-state index in [0.29, 0.717) is 32.4 Å². The van der Waals surface area contributed by atoms with Crippen molar-refractivity contribution in [1.29, 1.82) is 0 Å². The van der Waals surface area contributed by atoms with E-state index in [4.69, 9.17) is 11.6 Å². The topological polar surface area (TPSA) is 114 Å². The first-order valence-corrected chi connectivity index (χ1v) is 15.5. The summed E-state index contributed by atoms with van der Waals surface area (Å²) in [5, 5.41) is 3.90. The molecule has 3 aromatic heterocycles. The molecule has 1 fully saturated rings. The van der Waals surface area contributed by atoms with E-state index in [2.05, 4.69) is 20.2 Å². The average Bonchev–Trinajstić information content (AvgIpc) is 3.57. The average molecular weight is 586 g/mol. The molecule has 1 N–H and O–H groups in total. The molecule has 4 heterocycles. The Morgan fingerprint density at radius 2 is 1.92 bits per heavy atom. The number of likely N-dealkylation sites (tertiary alicyclic amines) is 1. The second kappa shape index (κ2) is 11.5. The van der Waals surface area contributed by atoms with Crippen LogP contribution in [0.4, 0.5) is 5.69 Å². The van der Waals surface area contributed by atoms with Gasteiger partial charge in [-0.05, 0) is 74.8 Å². The highest BCUT2D eigenvalue weighted by Crippen LogP contribution is 2.26. The fourth-order valence-electron chi connectivity index (χ4n) is 4.72. The van der Waals surface area contributed by atoms with Gasteiger partial charge in [0.25, 0.3) is 5.56 Å². The fraction of sp³-hybridized carbons (Fsp3) is 0.333. The number of nitrogens with zero attached hydrogens (tertiary/aromatic N) is 4. The van der Waals surface area contributed by atoms with Crippen molar-refractivity contribution in [2.45, 2.75) is 30.4 Å². The van der Waals surface area contributed by atoms with Gasteiger partial charge in [0.05, 0.1) is 15.2 Å². The van der Waals surface area contributed by atoms with Crippen molar-refractivity contribution < 1.29 is 13.2 Å². The third kappa shape index (κ3) is 6.38. The summed E-state index contributed by atoms with van der Waals surface area (Å²) < 4.78 is 26.8. The second-order valence-electron chi connectivity index (χ2n) is 9.56. The Labute approximate surface area is 235 Å². The van der Waals surface area contributed by atoms with Gasteiger partial charge in [0.2, 0.25) is 0 Å². The highest BCUT2D eigenvalue weighted by molar-refractivity contribution is 7.94. The molecule has 1 aliphatic rings. The van der Waals surface area contributed by atoms with Gasteiger partial charge in [0.1, 0.15) is 21.6 Å². The minimum Gasteiger partial charge on any atom is -0.384 e. The van der Waals surface area contributed by atoms with E-state index in [9.17, 15) is 18.0 Å². The third-order valence-corrected chi connectivity index (χ3v) is 10.1. The van der Waals surface area contributed by atoms with Gasteiger partial charge in [-0.3, -0.25) is 9.59 Å². The normalized spacial score (nSPS) is 14.2. The minimum atomic E-state index is -3.75. The highest BCUT2D eigenvalue weighted by Gasteiger charge is 2.22. The first-order valence-electron chi connectivity index (χ1n) is 12.6. The summed E-state index contributed by atoms with van der Waals surface area (Å²) in [6.07, 6.45) is 3.91. The van der Waals surface area contributed by atoms with Crippen molar-refractivity contribution in [3.63, 3.8) is 0 Å². The molecule has 0 spiro atoms.